The number of carboxylic acid groups (broad SMARTS) is 1. The maximum absolute atomic E-state index is 11.6. The van der Waals surface area contributed by atoms with E-state index in [4.69, 9.17) is 5.11 Å². The van der Waals surface area contributed by atoms with Gasteiger partial charge in [0.2, 0.25) is 0 Å². The average Bonchev–Trinajstić information content (AvgIpc) is 2.25. The molecule has 0 saturated heterocycles. The normalized spacial score (nSPS) is 10.9. The molecule has 90 valence electrons. The molecular weight excluding hydrogens is 208 g/mol. The summed E-state index contributed by atoms with van der Waals surface area (Å²) >= 11 is 0. The Balaban J connectivity index is 4.19. The number of urea groups is 1. The molecule has 1 atom stereocenters. The minimum absolute atomic E-state index is 0.206. The van der Waals surface area contributed by atoms with E-state index in [1.54, 1.807) is 20.8 Å². The number of hydrogen-bond donors (Lipinski definition) is 2. The van der Waals surface area contributed by atoms with Crippen LogP contribution in [0, 0.1) is 17.8 Å². The quantitative estimate of drug-likeness (QED) is 0.680. The topological polar surface area (TPSA) is 69.6 Å². The van der Waals surface area contributed by atoms with Crippen LogP contribution in [-0.2, 0) is 4.79 Å². The Bertz CT molecular complexity index is 304. The van der Waals surface area contributed by atoms with Crippen molar-refractivity contribution >= 4 is 12.0 Å². The molecule has 0 radical (unpaired) electrons. The first-order valence-corrected chi connectivity index (χ1v) is 5.18. The largest absolute Gasteiger partial charge is 0.481 e. The fourth-order valence-electron chi connectivity index (χ4n) is 1.08. The second-order valence-electron chi connectivity index (χ2n) is 3.36. The first-order valence-electron chi connectivity index (χ1n) is 5.18. The van der Waals surface area contributed by atoms with Gasteiger partial charge in [-0.25, -0.2) is 4.79 Å². The van der Waals surface area contributed by atoms with E-state index in [1.165, 1.54) is 4.90 Å². The van der Waals surface area contributed by atoms with E-state index in [1.807, 2.05) is 0 Å². The maximum atomic E-state index is 11.6. The van der Waals surface area contributed by atoms with Crippen molar-refractivity contribution in [3.63, 3.8) is 0 Å². The van der Waals surface area contributed by atoms with Gasteiger partial charge in [-0.1, -0.05) is 12.8 Å². The second-order valence-corrected chi connectivity index (χ2v) is 3.36. The number of aliphatic carboxylic acids is 1. The van der Waals surface area contributed by atoms with E-state index in [0.29, 0.717) is 6.54 Å². The number of carbonyl (C=O) groups excluding carboxylic acids is 1. The predicted octanol–water partition coefficient (Wildman–Crippen LogP) is 0.762. The van der Waals surface area contributed by atoms with Crippen LogP contribution in [0.2, 0.25) is 0 Å². The molecule has 1 unspecified atom stereocenters. The zero-order valence-corrected chi connectivity index (χ0v) is 9.91. The summed E-state index contributed by atoms with van der Waals surface area (Å²) in [6.07, 6.45) is 0. The van der Waals surface area contributed by atoms with Crippen molar-refractivity contribution in [1.82, 2.24) is 10.2 Å². The SMILES string of the molecule is CC#CCNC(=O)N(CC)CC(C)C(=O)O. The standard InChI is InChI=1S/C11H18N2O3/c1-4-6-7-12-11(16)13(5-2)8-9(3)10(14)15/h9H,5,7-8H2,1-3H3,(H,12,16)(H,14,15). The summed E-state index contributed by atoms with van der Waals surface area (Å²) in [4.78, 5) is 23.7. The fraction of sp³-hybridized carbons (Fsp3) is 0.636. The number of hydrogen-bond acceptors (Lipinski definition) is 2. The highest BCUT2D eigenvalue weighted by Crippen LogP contribution is 2.00. The average molecular weight is 226 g/mol. The van der Waals surface area contributed by atoms with Gasteiger partial charge in [0.1, 0.15) is 0 Å². The lowest BCUT2D eigenvalue weighted by molar-refractivity contribution is -0.141. The van der Waals surface area contributed by atoms with Gasteiger partial charge in [-0.3, -0.25) is 4.79 Å². The summed E-state index contributed by atoms with van der Waals surface area (Å²) < 4.78 is 0. The molecule has 0 aromatic carbocycles. The first-order chi connectivity index (χ1) is 7.52. The number of carboxylic acids is 1. The van der Waals surface area contributed by atoms with Crippen LogP contribution in [-0.4, -0.2) is 41.6 Å². The van der Waals surface area contributed by atoms with Crippen molar-refractivity contribution in [2.24, 2.45) is 5.92 Å². The Morgan fingerprint density at radius 1 is 1.50 bits per heavy atom. The second kappa shape index (κ2) is 7.57. The van der Waals surface area contributed by atoms with Crippen molar-refractivity contribution in [3.8, 4) is 11.8 Å². The molecule has 0 saturated carbocycles. The maximum Gasteiger partial charge on any atom is 0.318 e. The molecule has 0 bridgehead atoms. The third-order valence-electron chi connectivity index (χ3n) is 2.09. The van der Waals surface area contributed by atoms with Crippen LogP contribution in [0.25, 0.3) is 0 Å². The summed E-state index contributed by atoms with van der Waals surface area (Å²) in [7, 11) is 0. The van der Waals surface area contributed by atoms with Gasteiger partial charge in [-0.15, -0.1) is 5.92 Å². The lowest BCUT2D eigenvalue weighted by atomic mass is 10.2. The molecule has 16 heavy (non-hydrogen) atoms. The van der Waals surface area contributed by atoms with Crippen LogP contribution in [0.1, 0.15) is 20.8 Å². The highest BCUT2D eigenvalue weighted by molar-refractivity contribution is 5.76. The molecule has 5 heteroatoms. The van der Waals surface area contributed by atoms with E-state index in [2.05, 4.69) is 17.2 Å². The van der Waals surface area contributed by atoms with Crippen LogP contribution < -0.4 is 5.32 Å². The number of amides is 2. The molecule has 5 nitrogen and oxygen atoms in total. The smallest absolute Gasteiger partial charge is 0.318 e. The van der Waals surface area contributed by atoms with E-state index in [9.17, 15) is 9.59 Å². The summed E-state index contributed by atoms with van der Waals surface area (Å²) in [5.74, 6) is 3.90. The van der Waals surface area contributed by atoms with Crippen molar-refractivity contribution in [2.75, 3.05) is 19.6 Å². The Hall–Kier alpha value is -1.70. The molecule has 0 aliphatic carbocycles. The minimum Gasteiger partial charge on any atom is -0.481 e. The van der Waals surface area contributed by atoms with Crippen LogP contribution in [0.15, 0.2) is 0 Å². The molecule has 0 rings (SSSR count). The van der Waals surface area contributed by atoms with Crippen LogP contribution in [0.5, 0.6) is 0 Å². The lowest BCUT2D eigenvalue weighted by Gasteiger charge is -2.22. The zero-order chi connectivity index (χ0) is 12.6. The molecule has 0 aliphatic rings. The molecular formula is C11H18N2O3. The predicted molar refractivity (Wildman–Crippen MR) is 60.9 cm³/mol. The van der Waals surface area contributed by atoms with E-state index < -0.39 is 11.9 Å². The van der Waals surface area contributed by atoms with Crippen molar-refractivity contribution < 1.29 is 14.7 Å². The lowest BCUT2D eigenvalue weighted by Crippen LogP contribution is -2.43. The van der Waals surface area contributed by atoms with E-state index in [-0.39, 0.29) is 19.1 Å². The zero-order valence-electron chi connectivity index (χ0n) is 9.91. The third-order valence-corrected chi connectivity index (χ3v) is 2.09. The molecule has 0 heterocycles. The summed E-state index contributed by atoms with van der Waals surface area (Å²) in [6.45, 7) is 6.04. The van der Waals surface area contributed by atoms with Crippen molar-refractivity contribution in [1.29, 1.82) is 0 Å². The Kier molecular flexibility index (Phi) is 6.77. The summed E-state index contributed by atoms with van der Waals surface area (Å²) in [5.41, 5.74) is 0. The van der Waals surface area contributed by atoms with Crippen LogP contribution in [0.3, 0.4) is 0 Å². The van der Waals surface area contributed by atoms with Gasteiger partial charge >= 0.3 is 12.0 Å². The number of nitrogens with zero attached hydrogens (tertiary/aromatic N) is 1. The Morgan fingerprint density at radius 2 is 2.12 bits per heavy atom. The van der Waals surface area contributed by atoms with Crippen molar-refractivity contribution in [2.45, 2.75) is 20.8 Å². The van der Waals surface area contributed by atoms with Gasteiger partial charge in [0.25, 0.3) is 0 Å². The molecule has 0 fully saturated rings. The molecule has 0 aromatic heterocycles. The third kappa shape index (κ3) is 5.25. The van der Waals surface area contributed by atoms with E-state index >= 15 is 0 Å². The van der Waals surface area contributed by atoms with Gasteiger partial charge in [-0.2, -0.15) is 0 Å². The monoisotopic (exact) mass is 226 g/mol. The van der Waals surface area contributed by atoms with Gasteiger partial charge in [0, 0.05) is 13.1 Å². The van der Waals surface area contributed by atoms with Gasteiger partial charge in [0.05, 0.1) is 12.5 Å². The fourth-order valence-corrected chi connectivity index (χ4v) is 1.08. The summed E-state index contributed by atoms with van der Waals surface area (Å²) in [6, 6.07) is -0.279. The van der Waals surface area contributed by atoms with E-state index in [0.717, 1.165) is 0 Å². The molecule has 0 aromatic rings. The van der Waals surface area contributed by atoms with Gasteiger partial charge < -0.3 is 15.3 Å². The number of nitrogens with one attached hydrogen (secondary N) is 1. The molecule has 0 aliphatic heterocycles. The molecule has 2 amide bonds. The van der Waals surface area contributed by atoms with Gasteiger partial charge in [0.15, 0.2) is 0 Å². The molecule has 2 N–H and O–H groups in total. The Labute approximate surface area is 95.8 Å². The molecule has 0 spiro atoms. The van der Waals surface area contributed by atoms with Crippen molar-refractivity contribution in [3.05, 3.63) is 0 Å². The van der Waals surface area contributed by atoms with Crippen LogP contribution >= 0.6 is 0 Å². The number of carbonyl (C=O) groups is 2. The number of rotatable bonds is 5. The highest BCUT2D eigenvalue weighted by Gasteiger charge is 2.18. The first kappa shape index (κ1) is 14.3. The minimum atomic E-state index is -0.903. The highest BCUT2D eigenvalue weighted by atomic mass is 16.4. The van der Waals surface area contributed by atoms with Crippen LogP contribution in [0.4, 0.5) is 4.79 Å². The Morgan fingerprint density at radius 3 is 2.56 bits per heavy atom. The van der Waals surface area contributed by atoms with Gasteiger partial charge in [-0.05, 0) is 13.8 Å². The summed E-state index contributed by atoms with van der Waals surface area (Å²) in [5, 5.41) is 11.3.